The van der Waals surface area contributed by atoms with Gasteiger partial charge in [-0.25, -0.2) is 4.39 Å². The minimum absolute atomic E-state index is 0.247. The molecular formula is C14H22FNO2. The van der Waals surface area contributed by atoms with Gasteiger partial charge in [0.1, 0.15) is 11.6 Å². The summed E-state index contributed by atoms with van der Waals surface area (Å²) in [6.07, 6.45) is 0.639. The third kappa shape index (κ3) is 3.68. The van der Waals surface area contributed by atoms with E-state index < -0.39 is 18.0 Å². The normalized spacial score (nSPS) is 14.6. The van der Waals surface area contributed by atoms with Crippen LogP contribution in [0.3, 0.4) is 0 Å². The number of nitrogens with two attached hydrogens (primary N) is 1. The lowest BCUT2D eigenvalue weighted by Gasteiger charge is -2.22. The van der Waals surface area contributed by atoms with Crippen molar-refractivity contribution in [3.63, 3.8) is 0 Å². The first-order chi connectivity index (χ1) is 8.47. The molecule has 0 unspecified atom stereocenters. The molecule has 3 N–H and O–H groups in total. The van der Waals surface area contributed by atoms with Crippen LogP contribution in [-0.2, 0) is 0 Å². The summed E-state index contributed by atoms with van der Waals surface area (Å²) in [5.41, 5.74) is 6.18. The Morgan fingerprint density at radius 1 is 1.33 bits per heavy atom. The fraction of sp³-hybridized carbons (Fsp3) is 0.571. The van der Waals surface area contributed by atoms with Gasteiger partial charge in [0.25, 0.3) is 0 Å². The molecule has 0 radical (unpaired) electrons. The number of hydrogen-bond donors (Lipinski definition) is 2. The predicted molar refractivity (Wildman–Crippen MR) is 70.0 cm³/mol. The largest absolute Gasteiger partial charge is 0.496 e. The summed E-state index contributed by atoms with van der Waals surface area (Å²) < 4.78 is 18.9. The second-order valence-corrected chi connectivity index (χ2v) is 4.92. The molecule has 1 aromatic carbocycles. The molecule has 1 rings (SSSR count). The Morgan fingerprint density at radius 3 is 2.56 bits per heavy atom. The van der Waals surface area contributed by atoms with Crippen LogP contribution in [0.5, 0.6) is 5.75 Å². The molecule has 0 spiro atoms. The number of hydrogen-bond acceptors (Lipinski definition) is 3. The van der Waals surface area contributed by atoms with Crippen LogP contribution in [0, 0.1) is 11.7 Å². The summed E-state index contributed by atoms with van der Waals surface area (Å²) in [7, 11) is 1.46. The van der Waals surface area contributed by atoms with Crippen LogP contribution < -0.4 is 10.5 Å². The molecule has 102 valence electrons. The Balaban J connectivity index is 2.85. The van der Waals surface area contributed by atoms with E-state index in [-0.39, 0.29) is 5.56 Å². The van der Waals surface area contributed by atoms with Gasteiger partial charge in [-0.15, -0.1) is 0 Å². The van der Waals surface area contributed by atoms with Crippen molar-refractivity contribution in [1.29, 1.82) is 0 Å². The molecule has 0 fully saturated rings. The summed E-state index contributed by atoms with van der Waals surface area (Å²) in [5, 5.41) is 10.0. The number of ether oxygens (including phenoxy) is 1. The number of benzene rings is 1. The highest BCUT2D eigenvalue weighted by molar-refractivity contribution is 5.37. The zero-order valence-electron chi connectivity index (χ0n) is 11.2. The third-order valence-corrected chi connectivity index (χ3v) is 3.02. The summed E-state index contributed by atoms with van der Waals surface area (Å²) >= 11 is 0. The first kappa shape index (κ1) is 14.9. The lowest BCUT2D eigenvalue weighted by molar-refractivity contribution is 0.125. The maximum atomic E-state index is 13.8. The number of rotatable bonds is 6. The Bertz CT molecular complexity index is 382. The number of methoxy groups -OCH3 is 1. The van der Waals surface area contributed by atoms with Crippen LogP contribution in [0.25, 0.3) is 0 Å². The van der Waals surface area contributed by atoms with Crippen LogP contribution >= 0.6 is 0 Å². The summed E-state index contributed by atoms with van der Waals surface area (Å²) in [5.74, 6) is 0.422. The van der Waals surface area contributed by atoms with E-state index in [1.165, 1.54) is 13.2 Å². The quantitative estimate of drug-likeness (QED) is 0.821. The first-order valence-electron chi connectivity index (χ1n) is 6.23. The first-order valence-corrected chi connectivity index (χ1v) is 6.23. The van der Waals surface area contributed by atoms with Gasteiger partial charge in [-0.05, 0) is 30.9 Å². The van der Waals surface area contributed by atoms with Crippen molar-refractivity contribution in [3.8, 4) is 5.75 Å². The van der Waals surface area contributed by atoms with Gasteiger partial charge < -0.3 is 15.6 Å². The van der Waals surface area contributed by atoms with Crippen molar-refractivity contribution in [2.75, 3.05) is 7.11 Å². The molecule has 0 bridgehead atoms. The van der Waals surface area contributed by atoms with Gasteiger partial charge in [-0.2, -0.15) is 0 Å². The fourth-order valence-corrected chi connectivity index (χ4v) is 1.89. The molecule has 18 heavy (non-hydrogen) atoms. The minimum atomic E-state index is -0.766. The van der Waals surface area contributed by atoms with Crippen LogP contribution in [0.4, 0.5) is 4.39 Å². The van der Waals surface area contributed by atoms with E-state index in [0.29, 0.717) is 18.1 Å². The Kier molecular flexibility index (Phi) is 5.56. The smallest absolute Gasteiger partial charge is 0.131 e. The van der Waals surface area contributed by atoms with Gasteiger partial charge in [-0.1, -0.05) is 19.9 Å². The monoisotopic (exact) mass is 255 g/mol. The number of aliphatic hydroxyl groups is 1. The van der Waals surface area contributed by atoms with Crippen molar-refractivity contribution >= 4 is 0 Å². The number of halogens is 1. The molecule has 0 saturated carbocycles. The average Bonchev–Trinajstić information content (AvgIpc) is 2.34. The molecule has 0 aromatic heterocycles. The van der Waals surface area contributed by atoms with Crippen molar-refractivity contribution in [2.45, 2.75) is 38.8 Å². The highest BCUT2D eigenvalue weighted by Gasteiger charge is 2.23. The van der Waals surface area contributed by atoms with E-state index in [0.717, 1.165) is 6.42 Å². The van der Waals surface area contributed by atoms with E-state index in [1.807, 2.05) is 0 Å². The molecule has 0 aliphatic carbocycles. The van der Waals surface area contributed by atoms with Crippen molar-refractivity contribution < 1.29 is 14.2 Å². The highest BCUT2D eigenvalue weighted by atomic mass is 19.1. The fourth-order valence-electron chi connectivity index (χ4n) is 1.89. The van der Waals surface area contributed by atoms with E-state index in [1.54, 1.807) is 12.1 Å². The maximum absolute atomic E-state index is 13.8. The van der Waals surface area contributed by atoms with Crippen LogP contribution in [-0.4, -0.2) is 18.3 Å². The summed E-state index contributed by atoms with van der Waals surface area (Å²) in [6, 6.07) is 3.77. The predicted octanol–water partition coefficient (Wildman–Crippen LogP) is 2.63. The number of aliphatic hydroxyl groups excluding tert-OH is 1. The van der Waals surface area contributed by atoms with Crippen LogP contribution in [0.2, 0.25) is 0 Å². The molecule has 2 atom stereocenters. The highest BCUT2D eigenvalue weighted by Crippen LogP contribution is 2.29. The molecular weight excluding hydrogens is 233 g/mol. The summed E-state index contributed by atoms with van der Waals surface area (Å²) in [4.78, 5) is 0. The molecule has 0 heterocycles. The third-order valence-electron chi connectivity index (χ3n) is 3.02. The SMILES string of the molecule is COc1cccc(F)c1[C@H](N)[C@H](O)CCC(C)C. The molecule has 3 nitrogen and oxygen atoms in total. The Hall–Kier alpha value is -1.13. The molecule has 0 aliphatic rings. The van der Waals surface area contributed by atoms with E-state index in [2.05, 4.69) is 13.8 Å². The second kappa shape index (κ2) is 6.71. The summed E-state index contributed by atoms with van der Waals surface area (Å²) in [6.45, 7) is 4.14. The van der Waals surface area contributed by atoms with Crippen molar-refractivity contribution in [3.05, 3.63) is 29.6 Å². The van der Waals surface area contributed by atoms with Gasteiger partial charge in [0.2, 0.25) is 0 Å². The van der Waals surface area contributed by atoms with Gasteiger partial charge in [0.15, 0.2) is 0 Å². The van der Waals surface area contributed by atoms with Crippen molar-refractivity contribution in [1.82, 2.24) is 0 Å². The Labute approximate surface area is 108 Å². The van der Waals surface area contributed by atoms with Crippen molar-refractivity contribution in [2.24, 2.45) is 11.7 Å². The van der Waals surface area contributed by atoms with E-state index in [9.17, 15) is 9.50 Å². The molecule has 4 heteroatoms. The Morgan fingerprint density at radius 2 is 2.00 bits per heavy atom. The molecule has 0 saturated heterocycles. The molecule has 0 aliphatic heterocycles. The molecule has 0 amide bonds. The standard InChI is InChI=1S/C14H22FNO2/c1-9(2)7-8-11(17)14(16)13-10(15)5-4-6-12(13)18-3/h4-6,9,11,14,17H,7-8,16H2,1-3H3/t11-,14-/m1/s1. The van der Waals surface area contributed by atoms with Gasteiger partial charge in [0, 0.05) is 5.56 Å². The zero-order valence-corrected chi connectivity index (χ0v) is 11.2. The van der Waals surface area contributed by atoms with Gasteiger partial charge in [-0.3, -0.25) is 0 Å². The lowest BCUT2D eigenvalue weighted by atomic mass is 9.95. The topological polar surface area (TPSA) is 55.5 Å². The lowest BCUT2D eigenvalue weighted by Crippen LogP contribution is -2.28. The van der Waals surface area contributed by atoms with E-state index in [4.69, 9.17) is 10.5 Å². The maximum Gasteiger partial charge on any atom is 0.131 e. The van der Waals surface area contributed by atoms with Gasteiger partial charge in [0.05, 0.1) is 19.3 Å². The average molecular weight is 255 g/mol. The van der Waals surface area contributed by atoms with Gasteiger partial charge >= 0.3 is 0 Å². The zero-order chi connectivity index (χ0) is 13.7. The van der Waals surface area contributed by atoms with Crippen LogP contribution in [0.15, 0.2) is 18.2 Å². The minimum Gasteiger partial charge on any atom is -0.496 e. The second-order valence-electron chi connectivity index (χ2n) is 4.92. The van der Waals surface area contributed by atoms with Crippen LogP contribution in [0.1, 0.15) is 38.3 Å². The van der Waals surface area contributed by atoms with E-state index >= 15 is 0 Å². The molecule has 1 aromatic rings.